The number of hydrogen-bond acceptors (Lipinski definition) is 2. The van der Waals surface area contributed by atoms with Crippen LogP contribution in [0.25, 0.3) is 0 Å². The van der Waals surface area contributed by atoms with Crippen molar-refractivity contribution in [2.45, 2.75) is 45.1 Å². The molecule has 0 fully saturated rings. The monoisotopic (exact) mass is 296 g/mol. The molecule has 2 nitrogen and oxygen atoms in total. The molecule has 0 aliphatic carbocycles. The van der Waals surface area contributed by atoms with Crippen molar-refractivity contribution in [1.82, 2.24) is 0 Å². The van der Waals surface area contributed by atoms with E-state index in [0.29, 0.717) is 6.61 Å². The lowest BCUT2D eigenvalue weighted by Gasteiger charge is -2.16. The molecule has 0 radical (unpaired) electrons. The van der Waals surface area contributed by atoms with Gasteiger partial charge >= 0.3 is 5.97 Å². The van der Waals surface area contributed by atoms with Crippen LogP contribution in [0.2, 0.25) is 0 Å². The van der Waals surface area contributed by atoms with E-state index in [1.165, 1.54) is 0 Å². The fourth-order valence-electron chi connectivity index (χ4n) is 2.53. The minimum Gasteiger partial charge on any atom is -0.460 e. The number of carbonyl (C=O) groups is 1. The molecule has 1 atom stereocenters. The van der Waals surface area contributed by atoms with Crippen LogP contribution in [-0.2, 0) is 16.1 Å². The number of unbranched alkanes of at least 4 members (excludes halogenated alkanes) is 2. The van der Waals surface area contributed by atoms with Gasteiger partial charge in [0.1, 0.15) is 6.61 Å². The average molecular weight is 296 g/mol. The van der Waals surface area contributed by atoms with E-state index in [1.807, 2.05) is 60.7 Å². The largest absolute Gasteiger partial charge is 0.460 e. The zero-order chi connectivity index (χ0) is 15.6. The molecule has 0 aliphatic heterocycles. The Balaban J connectivity index is 1.99. The van der Waals surface area contributed by atoms with Crippen LogP contribution >= 0.6 is 0 Å². The second-order valence-electron chi connectivity index (χ2n) is 5.55. The van der Waals surface area contributed by atoms with Crippen molar-refractivity contribution < 1.29 is 9.53 Å². The van der Waals surface area contributed by atoms with Crippen molar-refractivity contribution >= 4 is 5.97 Å². The highest BCUT2D eigenvalue weighted by Gasteiger charge is 2.21. The predicted octanol–water partition coefficient (Wildman–Crippen LogP) is 5.09. The number of hydrogen-bond donors (Lipinski definition) is 0. The van der Waals surface area contributed by atoms with Crippen molar-refractivity contribution in [2.75, 3.05) is 0 Å². The predicted molar refractivity (Wildman–Crippen MR) is 89.6 cm³/mol. The molecule has 2 aromatic carbocycles. The van der Waals surface area contributed by atoms with Crippen LogP contribution in [0.3, 0.4) is 0 Å². The zero-order valence-electron chi connectivity index (χ0n) is 13.2. The fraction of sp³-hybridized carbons (Fsp3) is 0.350. The summed E-state index contributed by atoms with van der Waals surface area (Å²) in [7, 11) is 0. The van der Waals surface area contributed by atoms with E-state index in [0.717, 1.165) is 36.8 Å². The Hall–Kier alpha value is -2.09. The van der Waals surface area contributed by atoms with E-state index >= 15 is 0 Å². The maximum absolute atomic E-state index is 12.5. The molecule has 2 rings (SSSR count). The molecule has 0 saturated carbocycles. The molecular formula is C20H24O2. The third kappa shape index (κ3) is 5.03. The molecule has 0 aliphatic rings. The summed E-state index contributed by atoms with van der Waals surface area (Å²) >= 11 is 0. The summed E-state index contributed by atoms with van der Waals surface area (Å²) in [6.45, 7) is 2.52. The molecule has 0 aromatic heterocycles. The Morgan fingerprint density at radius 2 is 1.59 bits per heavy atom. The molecule has 0 saturated heterocycles. The van der Waals surface area contributed by atoms with E-state index in [-0.39, 0.29) is 11.9 Å². The molecule has 2 heteroatoms. The molecule has 0 spiro atoms. The van der Waals surface area contributed by atoms with Crippen molar-refractivity contribution in [3.05, 3.63) is 71.8 Å². The number of esters is 1. The number of rotatable bonds is 8. The van der Waals surface area contributed by atoms with Gasteiger partial charge in [-0.2, -0.15) is 0 Å². The van der Waals surface area contributed by atoms with Crippen LogP contribution in [0.4, 0.5) is 0 Å². The van der Waals surface area contributed by atoms with Gasteiger partial charge in [0.2, 0.25) is 0 Å². The lowest BCUT2D eigenvalue weighted by atomic mass is 9.93. The van der Waals surface area contributed by atoms with Gasteiger partial charge in [-0.05, 0) is 17.5 Å². The Morgan fingerprint density at radius 3 is 2.23 bits per heavy atom. The van der Waals surface area contributed by atoms with Gasteiger partial charge in [0.15, 0.2) is 0 Å². The highest BCUT2D eigenvalue weighted by atomic mass is 16.5. The summed E-state index contributed by atoms with van der Waals surface area (Å²) in [6.07, 6.45) is 4.21. The minimum atomic E-state index is -0.156. The Morgan fingerprint density at radius 1 is 0.955 bits per heavy atom. The molecule has 0 amide bonds. The van der Waals surface area contributed by atoms with E-state index in [1.54, 1.807) is 0 Å². The lowest BCUT2D eigenvalue weighted by molar-refractivity contribution is -0.147. The smallest absolute Gasteiger partial charge is 0.313 e. The summed E-state index contributed by atoms with van der Waals surface area (Å²) in [6, 6.07) is 19.8. The molecule has 0 heterocycles. The van der Waals surface area contributed by atoms with Crippen molar-refractivity contribution in [3.8, 4) is 0 Å². The third-order valence-corrected chi connectivity index (χ3v) is 3.81. The first-order chi connectivity index (χ1) is 10.8. The van der Waals surface area contributed by atoms with Crippen molar-refractivity contribution in [1.29, 1.82) is 0 Å². The van der Waals surface area contributed by atoms with E-state index < -0.39 is 0 Å². The summed E-state index contributed by atoms with van der Waals surface area (Å²) in [4.78, 5) is 12.5. The van der Waals surface area contributed by atoms with E-state index in [2.05, 4.69) is 6.92 Å². The van der Waals surface area contributed by atoms with Gasteiger partial charge in [-0.1, -0.05) is 86.8 Å². The minimum absolute atomic E-state index is 0.119. The number of benzene rings is 2. The van der Waals surface area contributed by atoms with Crippen LogP contribution in [0.15, 0.2) is 60.7 Å². The molecule has 0 bridgehead atoms. The van der Waals surface area contributed by atoms with Crippen molar-refractivity contribution in [2.24, 2.45) is 0 Å². The molecule has 116 valence electrons. The molecule has 1 unspecified atom stereocenters. The van der Waals surface area contributed by atoms with Gasteiger partial charge in [0, 0.05) is 0 Å². The van der Waals surface area contributed by atoms with Gasteiger partial charge in [-0.15, -0.1) is 0 Å². The first-order valence-electron chi connectivity index (χ1n) is 8.06. The topological polar surface area (TPSA) is 26.3 Å². The fourth-order valence-corrected chi connectivity index (χ4v) is 2.53. The van der Waals surface area contributed by atoms with Gasteiger partial charge < -0.3 is 4.74 Å². The Labute approximate surface area is 133 Å². The number of carbonyl (C=O) groups excluding carboxylic acids is 1. The van der Waals surface area contributed by atoms with Crippen LogP contribution < -0.4 is 0 Å². The standard InChI is InChI=1S/C20H24O2/c1-2-3-6-15-19(18-13-9-5-10-14-18)20(21)22-16-17-11-7-4-8-12-17/h4-5,7-14,19H,2-3,6,15-16H2,1H3. The van der Waals surface area contributed by atoms with Crippen LogP contribution in [-0.4, -0.2) is 5.97 Å². The summed E-state index contributed by atoms with van der Waals surface area (Å²) in [5, 5.41) is 0. The number of ether oxygens (including phenoxy) is 1. The van der Waals surface area contributed by atoms with Gasteiger partial charge in [0.05, 0.1) is 5.92 Å². The quantitative estimate of drug-likeness (QED) is 0.501. The maximum atomic E-state index is 12.5. The third-order valence-electron chi connectivity index (χ3n) is 3.81. The molecular weight excluding hydrogens is 272 g/mol. The van der Waals surface area contributed by atoms with Crippen LogP contribution in [0.1, 0.15) is 49.7 Å². The lowest BCUT2D eigenvalue weighted by Crippen LogP contribution is -2.16. The van der Waals surface area contributed by atoms with Gasteiger partial charge in [-0.25, -0.2) is 0 Å². The second kappa shape index (κ2) is 9.04. The summed E-state index contributed by atoms with van der Waals surface area (Å²) in [5.74, 6) is -0.275. The van der Waals surface area contributed by atoms with Crippen molar-refractivity contribution in [3.63, 3.8) is 0 Å². The van der Waals surface area contributed by atoms with Gasteiger partial charge in [-0.3, -0.25) is 4.79 Å². The molecule has 22 heavy (non-hydrogen) atoms. The Kier molecular flexibility index (Phi) is 6.69. The van der Waals surface area contributed by atoms with Crippen LogP contribution in [0.5, 0.6) is 0 Å². The van der Waals surface area contributed by atoms with Crippen LogP contribution in [0, 0.1) is 0 Å². The first kappa shape index (κ1) is 16.3. The first-order valence-corrected chi connectivity index (χ1v) is 8.06. The van der Waals surface area contributed by atoms with E-state index in [9.17, 15) is 4.79 Å². The summed E-state index contributed by atoms with van der Waals surface area (Å²) in [5.41, 5.74) is 2.08. The molecule has 2 aromatic rings. The SMILES string of the molecule is CCCCCC(C(=O)OCc1ccccc1)c1ccccc1. The molecule has 0 N–H and O–H groups in total. The highest BCUT2D eigenvalue weighted by molar-refractivity contribution is 5.78. The zero-order valence-corrected chi connectivity index (χ0v) is 13.2. The summed E-state index contributed by atoms with van der Waals surface area (Å²) < 4.78 is 5.54. The van der Waals surface area contributed by atoms with E-state index in [4.69, 9.17) is 4.74 Å². The average Bonchev–Trinajstić information content (AvgIpc) is 2.58. The normalized spacial score (nSPS) is 11.9. The Bertz CT molecular complexity index is 548. The van der Waals surface area contributed by atoms with Gasteiger partial charge in [0.25, 0.3) is 0 Å². The highest BCUT2D eigenvalue weighted by Crippen LogP contribution is 2.24. The maximum Gasteiger partial charge on any atom is 0.313 e. The second-order valence-corrected chi connectivity index (χ2v) is 5.55.